The Morgan fingerprint density at radius 2 is 1.80 bits per heavy atom. The number of rotatable bonds is 4. The van der Waals surface area contributed by atoms with E-state index in [4.69, 9.17) is 5.11 Å². The van der Waals surface area contributed by atoms with E-state index in [1.807, 2.05) is 0 Å². The molecule has 0 atom stereocenters. The Hall–Kier alpha value is 1.46. The lowest BCUT2D eigenvalue weighted by Crippen LogP contribution is -1.80. The van der Waals surface area contributed by atoms with Crippen molar-refractivity contribution in [2.24, 2.45) is 0 Å². The van der Waals surface area contributed by atoms with E-state index in [0.717, 1.165) is 6.42 Å². The zero-order valence-electron chi connectivity index (χ0n) is 5.51. The highest BCUT2D eigenvalue weighted by molar-refractivity contribution is 8.59. The summed E-state index contributed by atoms with van der Waals surface area (Å²) >= 11 is 0. The second kappa shape index (κ2) is 6.03. The molecule has 1 aromatic rings. The van der Waals surface area contributed by atoms with Gasteiger partial charge in [-0.25, -0.2) is 0 Å². The lowest BCUT2D eigenvalue weighted by atomic mass is 10.4. The number of aliphatic hydroxyl groups is 1. The number of aryl methyl sites for hydroxylation is 1. The SMILES string of the molecule is OCCCCp1pppp1. The lowest BCUT2D eigenvalue weighted by Gasteiger charge is -1.93. The Labute approximate surface area is 68.2 Å². The maximum atomic E-state index is 8.54. The van der Waals surface area contributed by atoms with Gasteiger partial charge in [0.25, 0.3) is 0 Å². The molecule has 1 N–H and O–H groups in total. The predicted molar refractivity (Wildman–Crippen MR) is 55.5 cm³/mol. The normalized spacial score (nSPS) is 15.1. The minimum Gasteiger partial charge on any atom is -0.396 e. The molecule has 0 aromatic carbocycles. The van der Waals surface area contributed by atoms with Gasteiger partial charge in [-0.05, 0) is 49.2 Å². The minimum absolute atomic E-state index is 0.352. The van der Waals surface area contributed by atoms with Crippen molar-refractivity contribution >= 4 is 37.1 Å². The molecule has 0 amide bonds. The second-order valence-corrected chi connectivity index (χ2v) is 16.2. The third-order valence-electron chi connectivity index (χ3n) is 1.09. The first-order valence-electron chi connectivity index (χ1n) is 3.13. The van der Waals surface area contributed by atoms with Crippen LogP contribution in [0.2, 0.25) is 0 Å². The largest absolute Gasteiger partial charge is 0.396 e. The molecule has 1 rings (SSSR count). The average molecular weight is 228 g/mol. The number of unbranched alkanes of at least 4 members (excludes halogenated alkanes) is 1. The van der Waals surface area contributed by atoms with E-state index in [1.165, 1.54) is 12.6 Å². The molecular formula is C4H9OP5. The Morgan fingerprint density at radius 1 is 1.10 bits per heavy atom. The molecule has 1 heterocycles. The molecule has 1 aromatic heterocycles. The first-order valence-corrected chi connectivity index (χ1v) is 11.8. The van der Waals surface area contributed by atoms with E-state index in [9.17, 15) is 0 Å². The maximum absolute atomic E-state index is 8.54. The molecule has 0 aliphatic rings. The van der Waals surface area contributed by atoms with Gasteiger partial charge in [-0.1, -0.05) is 6.89 Å². The summed E-state index contributed by atoms with van der Waals surface area (Å²) in [6.45, 7) is 0.733. The van der Waals surface area contributed by atoms with E-state index in [2.05, 4.69) is 0 Å². The molecule has 0 fully saturated rings. The molecule has 1 nitrogen and oxygen atoms in total. The zero-order chi connectivity index (χ0) is 7.23. The molecule has 6 heteroatoms. The fourth-order valence-corrected chi connectivity index (χ4v) is 30.5. The summed E-state index contributed by atoms with van der Waals surface area (Å²) in [7, 11) is 6.60. The minimum atomic E-state index is 0.352. The van der Waals surface area contributed by atoms with Gasteiger partial charge >= 0.3 is 0 Å². The van der Waals surface area contributed by atoms with E-state index in [0.29, 0.717) is 13.5 Å². The molecule has 10 heavy (non-hydrogen) atoms. The average Bonchev–Trinajstić information content (AvgIpc) is 2.41. The van der Waals surface area contributed by atoms with Crippen LogP contribution in [0.5, 0.6) is 0 Å². The van der Waals surface area contributed by atoms with Gasteiger partial charge in [0.15, 0.2) is 0 Å². The Morgan fingerprint density at radius 3 is 2.40 bits per heavy atom. The fourth-order valence-electron chi connectivity index (χ4n) is 0.600. The van der Waals surface area contributed by atoms with E-state index >= 15 is 0 Å². The molecule has 56 valence electrons. The molecule has 0 radical (unpaired) electrons. The molecular weight excluding hydrogens is 219 g/mol. The van der Waals surface area contributed by atoms with Gasteiger partial charge < -0.3 is 5.11 Å². The summed E-state index contributed by atoms with van der Waals surface area (Å²) in [5.74, 6) is 0. The first-order chi connectivity index (χ1) is 4.93. The number of aliphatic hydroxyl groups excluding tert-OH is 1. The van der Waals surface area contributed by atoms with Crippen LogP contribution in [-0.2, 0) is 6.16 Å². The molecule has 0 aliphatic heterocycles. The molecule has 0 aliphatic carbocycles. The fraction of sp³-hybridized carbons (Fsp3) is 1.00. The quantitative estimate of drug-likeness (QED) is 0.736. The Bertz CT molecular complexity index is 162. The van der Waals surface area contributed by atoms with Crippen molar-refractivity contribution in [3.63, 3.8) is 0 Å². The van der Waals surface area contributed by atoms with E-state index in [1.54, 1.807) is 30.2 Å². The highest BCUT2D eigenvalue weighted by atomic mass is 32.6. The van der Waals surface area contributed by atoms with Crippen molar-refractivity contribution in [1.82, 2.24) is 0 Å². The van der Waals surface area contributed by atoms with Crippen LogP contribution in [0.4, 0.5) is 0 Å². The van der Waals surface area contributed by atoms with E-state index < -0.39 is 0 Å². The summed E-state index contributed by atoms with van der Waals surface area (Å²) < 4.78 is 0. The van der Waals surface area contributed by atoms with Crippen LogP contribution in [0, 0.1) is 0 Å². The third-order valence-corrected chi connectivity index (χ3v) is 22.3. The van der Waals surface area contributed by atoms with Gasteiger partial charge in [-0.3, -0.25) is 0 Å². The summed E-state index contributed by atoms with van der Waals surface area (Å²) in [6.07, 6.45) is 3.64. The molecule has 0 unspecified atom stereocenters. The van der Waals surface area contributed by atoms with Gasteiger partial charge in [0, 0.05) is 6.61 Å². The molecule has 0 saturated carbocycles. The Kier molecular flexibility index (Phi) is 5.76. The van der Waals surface area contributed by atoms with Gasteiger partial charge in [-0.15, -0.1) is 0 Å². The van der Waals surface area contributed by atoms with Crippen LogP contribution in [0.1, 0.15) is 12.8 Å². The lowest BCUT2D eigenvalue weighted by molar-refractivity contribution is 0.286. The van der Waals surface area contributed by atoms with Crippen LogP contribution in [-0.4, -0.2) is 11.7 Å². The maximum Gasteiger partial charge on any atom is 0.0431 e. The van der Waals surface area contributed by atoms with Crippen LogP contribution in [0.25, 0.3) is 0 Å². The van der Waals surface area contributed by atoms with Gasteiger partial charge in [0.1, 0.15) is 0 Å². The standard InChI is InChI=1S/C4H9OP5/c5-3-1-2-4-10-8-6-7-9-10/h5H,1-4H2. The molecule has 0 saturated heterocycles. The Balaban J connectivity index is 2.15. The number of hydrogen-bond donors (Lipinski definition) is 1. The summed E-state index contributed by atoms with van der Waals surface area (Å²) in [4.78, 5) is 0. The van der Waals surface area contributed by atoms with Crippen molar-refractivity contribution in [3.8, 4) is 0 Å². The smallest absolute Gasteiger partial charge is 0.0431 e. The predicted octanol–water partition coefficient (Wildman–Crippen LogP) is 4.77. The zero-order valence-corrected chi connectivity index (χ0v) is 9.98. The van der Waals surface area contributed by atoms with Crippen LogP contribution < -0.4 is 0 Å². The summed E-state index contributed by atoms with van der Waals surface area (Å²) in [6, 6.07) is 0. The molecule has 0 bridgehead atoms. The van der Waals surface area contributed by atoms with Gasteiger partial charge in [0.2, 0.25) is 0 Å². The first kappa shape index (κ1) is 9.55. The van der Waals surface area contributed by atoms with Crippen LogP contribution in [0.15, 0.2) is 0 Å². The van der Waals surface area contributed by atoms with E-state index in [-0.39, 0.29) is 0 Å². The summed E-state index contributed by atoms with van der Waals surface area (Å²) in [5.41, 5.74) is 0. The van der Waals surface area contributed by atoms with Crippen molar-refractivity contribution < 1.29 is 5.11 Å². The highest BCUT2D eigenvalue weighted by Crippen LogP contribution is 2.61. The van der Waals surface area contributed by atoms with Gasteiger partial charge in [-0.2, -0.15) is 0 Å². The monoisotopic (exact) mass is 228 g/mol. The van der Waals surface area contributed by atoms with Crippen LogP contribution in [0.3, 0.4) is 0 Å². The van der Waals surface area contributed by atoms with Crippen molar-refractivity contribution in [2.45, 2.75) is 19.0 Å². The summed E-state index contributed by atoms with van der Waals surface area (Å²) in [5, 5.41) is 8.54. The topological polar surface area (TPSA) is 20.2 Å². The highest BCUT2D eigenvalue weighted by Gasteiger charge is 1.92. The second-order valence-electron chi connectivity index (χ2n) is 1.88. The van der Waals surface area contributed by atoms with Gasteiger partial charge in [0.05, 0.1) is 0 Å². The molecule has 0 spiro atoms. The van der Waals surface area contributed by atoms with Crippen molar-refractivity contribution in [3.05, 3.63) is 0 Å². The van der Waals surface area contributed by atoms with Crippen molar-refractivity contribution in [2.75, 3.05) is 6.61 Å². The van der Waals surface area contributed by atoms with Crippen LogP contribution >= 0.6 is 37.1 Å². The van der Waals surface area contributed by atoms with Crippen molar-refractivity contribution in [1.29, 1.82) is 0 Å². The third kappa shape index (κ3) is 3.74. The number of hydrogen-bond acceptors (Lipinski definition) is 1.